The van der Waals surface area contributed by atoms with Gasteiger partial charge in [-0.2, -0.15) is 0 Å². The molecule has 1 rings (SSSR count). The third kappa shape index (κ3) is 5.58. The van der Waals surface area contributed by atoms with E-state index >= 15 is 0 Å². The lowest BCUT2D eigenvalue weighted by molar-refractivity contribution is -0.137. The molecule has 4 N–H and O–H groups in total. The molecular weight excluding hydrogens is 250 g/mol. The molecule has 0 atom stereocenters. The number of amides is 1. The van der Waals surface area contributed by atoms with Crippen LogP contribution >= 0.6 is 0 Å². The fourth-order valence-corrected chi connectivity index (χ4v) is 1.33. The molecule has 0 spiro atoms. The molecule has 1 amide bonds. The number of aromatic hydroxyl groups is 2. The maximum Gasteiger partial charge on any atom is 0.303 e. The number of carbonyl (C=O) groups is 2. The molecule has 6 nitrogen and oxygen atoms in total. The highest BCUT2D eigenvalue weighted by Crippen LogP contribution is 2.25. The van der Waals surface area contributed by atoms with E-state index in [2.05, 4.69) is 5.32 Å². The number of phenolic OH excluding ortho intramolecular Hbond substituents is 2. The Morgan fingerprint density at radius 2 is 1.95 bits per heavy atom. The zero-order chi connectivity index (χ0) is 14.3. The summed E-state index contributed by atoms with van der Waals surface area (Å²) in [5, 5.41) is 29.3. The number of benzene rings is 1. The average Bonchev–Trinajstić information content (AvgIpc) is 2.36. The quantitative estimate of drug-likeness (QED) is 0.350. The molecule has 1 aromatic carbocycles. The van der Waals surface area contributed by atoms with Crippen LogP contribution in [-0.4, -0.2) is 33.7 Å². The molecule has 0 radical (unpaired) electrons. The molecular formula is C13H15NO5. The van der Waals surface area contributed by atoms with Gasteiger partial charge in [0.15, 0.2) is 11.5 Å². The summed E-state index contributed by atoms with van der Waals surface area (Å²) in [7, 11) is 0. The van der Waals surface area contributed by atoms with Crippen molar-refractivity contribution in [3.8, 4) is 11.5 Å². The van der Waals surface area contributed by atoms with Crippen LogP contribution in [-0.2, 0) is 9.59 Å². The maximum atomic E-state index is 11.4. The topological polar surface area (TPSA) is 107 Å². The van der Waals surface area contributed by atoms with Crippen LogP contribution in [0.3, 0.4) is 0 Å². The fraction of sp³-hybridized carbons (Fsp3) is 0.231. The number of hydrogen-bond acceptors (Lipinski definition) is 4. The Balaban J connectivity index is 2.40. The number of nitrogens with one attached hydrogen (secondary N) is 1. The standard InChI is InChI=1S/C13H15NO5/c15-10-5-3-9(8-11(10)16)4-6-12(17)14-7-1-2-13(18)19/h3-6,8,15-16H,1-2,7H2,(H,14,17)(H,18,19)/b6-4-. The van der Waals surface area contributed by atoms with Crippen LogP contribution in [0.4, 0.5) is 0 Å². The van der Waals surface area contributed by atoms with Crippen molar-refractivity contribution in [2.24, 2.45) is 0 Å². The average molecular weight is 265 g/mol. The van der Waals surface area contributed by atoms with Gasteiger partial charge in [-0.1, -0.05) is 6.07 Å². The van der Waals surface area contributed by atoms with Crippen LogP contribution in [0.2, 0.25) is 0 Å². The lowest BCUT2D eigenvalue weighted by Crippen LogP contribution is -2.22. The Morgan fingerprint density at radius 1 is 1.21 bits per heavy atom. The highest BCUT2D eigenvalue weighted by molar-refractivity contribution is 5.91. The van der Waals surface area contributed by atoms with E-state index in [9.17, 15) is 14.7 Å². The number of rotatable bonds is 6. The Kier molecular flexibility index (Phi) is 5.40. The van der Waals surface area contributed by atoms with Crippen molar-refractivity contribution in [1.29, 1.82) is 0 Å². The summed E-state index contributed by atoms with van der Waals surface area (Å²) in [5.74, 6) is -1.73. The van der Waals surface area contributed by atoms with E-state index < -0.39 is 5.97 Å². The summed E-state index contributed by atoms with van der Waals surface area (Å²) in [5.41, 5.74) is 0.566. The monoisotopic (exact) mass is 265 g/mol. The van der Waals surface area contributed by atoms with E-state index in [1.54, 1.807) is 6.07 Å². The van der Waals surface area contributed by atoms with E-state index in [1.807, 2.05) is 0 Å². The van der Waals surface area contributed by atoms with Gasteiger partial charge in [-0.15, -0.1) is 0 Å². The van der Waals surface area contributed by atoms with Gasteiger partial charge in [0.25, 0.3) is 0 Å². The molecule has 0 bridgehead atoms. The molecule has 0 aliphatic rings. The minimum Gasteiger partial charge on any atom is -0.504 e. The molecule has 0 aromatic heterocycles. The molecule has 1 aromatic rings. The third-order valence-electron chi connectivity index (χ3n) is 2.29. The normalized spacial score (nSPS) is 10.5. The molecule has 19 heavy (non-hydrogen) atoms. The number of carboxylic acids is 1. The minimum absolute atomic E-state index is 0.00975. The highest BCUT2D eigenvalue weighted by atomic mass is 16.4. The number of phenols is 2. The van der Waals surface area contributed by atoms with Gasteiger partial charge in [0.2, 0.25) is 5.91 Å². The van der Waals surface area contributed by atoms with Crippen LogP contribution in [0.25, 0.3) is 6.08 Å². The van der Waals surface area contributed by atoms with Gasteiger partial charge in [-0.05, 0) is 30.2 Å². The van der Waals surface area contributed by atoms with E-state index in [0.717, 1.165) is 0 Å². The second kappa shape index (κ2) is 7.05. The predicted octanol–water partition coefficient (Wildman–Crippen LogP) is 1.09. The molecule has 0 aliphatic heterocycles. The van der Waals surface area contributed by atoms with Gasteiger partial charge >= 0.3 is 5.97 Å². The van der Waals surface area contributed by atoms with Gasteiger partial charge in [0.05, 0.1) is 0 Å². The van der Waals surface area contributed by atoms with Gasteiger partial charge in [0.1, 0.15) is 0 Å². The van der Waals surface area contributed by atoms with E-state index in [1.165, 1.54) is 24.3 Å². The molecule has 0 aliphatic carbocycles. The Labute approximate surface area is 110 Å². The molecule has 0 fully saturated rings. The first-order valence-electron chi connectivity index (χ1n) is 5.68. The van der Waals surface area contributed by atoms with Crippen molar-refractivity contribution in [3.05, 3.63) is 29.8 Å². The number of carboxylic acid groups (broad SMARTS) is 1. The van der Waals surface area contributed by atoms with Gasteiger partial charge in [-0.25, -0.2) is 0 Å². The van der Waals surface area contributed by atoms with Crippen molar-refractivity contribution < 1.29 is 24.9 Å². The lowest BCUT2D eigenvalue weighted by atomic mass is 10.2. The van der Waals surface area contributed by atoms with Crippen LogP contribution in [0.1, 0.15) is 18.4 Å². The number of aliphatic carboxylic acids is 1. The molecule has 102 valence electrons. The summed E-state index contributed by atoms with van der Waals surface area (Å²) in [4.78, 5) is 21.6. The molecule has 0 saturated heterocycles. The third-order valence-corrected chi connectivity index (χ3v) is 2.29. The Bertz CT molecular complexity index is 496. The van der Waals surface area contributed by atoms with E-state index in [-0.39, 0.29) is 30.4 Å². The summed E-state index contributed by atoms with van der Waals surface area (Å²) in [6.45, 7) is 0.288. The highest BCUT2D eigenvalue weighted by Gasteiger charge is 2.00. The molecule has 6 heteroatoms. The van der Waals surface area contributed by atoms with E-state index in [4.69, 9.17) is 10.2 Å². The van der Waals surface area contributed by atoms with Crippen molar-refractivity contribution in [1.82, 2.24) is 5.32 Å². The smallest absolute Gasteiger partial charge is 0.303 e. The summed E-state index contributed by atoms with van der Waals surface area (Å²) >= 11 is 0. The first-order chi connectivity index (χ1) is 8.99. The van der Waals surface area contributed by atoms with Crippen molar-refractivity contribution in [2.75, 3.05) is 6.54 Å². The lowest BCUT2D eigenvalue weighted by Gasteiger charge is -2.00. The van der Waals surface area contributed by atoms with Gasteiger partial charge in [0, 0.05) is 19.0 Å². The van der Waals surface area contributed by atoms with Gasteiger partial charge in [-0.3, -0.25) is 9.59 Å². The minimum atomic E-state index is -0.899. The molecule has 0 saturated carbocycles. The maximum absolute atomic E-state index is 11.4. The second-order valence-electron chi connectivity index (χ2n) is 3.87. The zero-order valence-electron chi connectivity index (χ0n) is 10.2. The number of hydrogen-bond donors (Lipinski definition) is 4. The van der Waals surface area contributed by atoms with Crippen LogP contribution in [0.5, 0.6) is 11.5 Å². The first kappa shape index (κ1) is 14.6. The SMILES string of the molecule is O=C(O)CCCNC(=O)/C=C\c1ccc(O)c(O)c1. The van der Waals surface area contributed by atoms with Crippen molar-refractivity contribution >= 4 is 18.0 Å². The zero-order valence-corrected chi connectivity index (χ0v) is 10.2. The van der Waals surface area contributed by atoms with Crippen LogP contribution in [0.15, 0.2) is 24.3 Å². The number of carbonyl (C=O) groups excluding carboxylic acids is 1. The van der Waals surface area contributed by atoms with Crippen molar-refractivity contribution in [3.63, 3.8) is 0 Å². The summed E-state index contributed by atoms with van der Waals surface area (Å²) < 4.78 is 0. The van der Waals surface area contributed by atoms with Crippen LogP contribution in [0, 0.1) is 0 Å². The molecule has 0 unspecified atom stereocenters. The largest absolute Gasteiger partial charge is 0.504 e. The molecule has 0 heterocycles. The second-order valence-corrected chi connectivity index (χ2v) is 3.87. The van der Waals surface area contributed by atoms with Gasteiger partial charge < -0.3 is 20.6 Å². The predicted molar refractivity (Wildman–Crippen MR) is 68.7 cm³/mol. The van der Waals surface area contributed by atoms with Crippen LogP contribution < -0.4 is 5.32 Å². The fourth-order valence-electron chi connectivity index (χ4n) is 1.33. The first-order valence-corrected chi connectivity index (χ1v) is 5.68. The summed E-state index contributed by atoms with van der Waals surface area (Å²) in [6, 6.07) is 4.19. The Morgan fingerprint density at radius 3 is 2.58 bits per heavy atom. The summed E-state index contributed by atoms with van der Waals surface area (Å²) in [6.07, 6.45) is 3.13. The van der Waals surface area contributed by atoms with E-state index in [0.29, 0.717) is 12.0 Å². The Hall–Kier alpha value is -2.50. The van der Waals surface area contributed by atoms with Crippen molar-refractivity contribution in [2.45, 2.75) is 12.8 Å².